The van der Waals surface area contributed by atoms with E-state index in [1.54, 1.807) is 13.8 Å². The first kappa shape index (κ1) is 11.5. The Morgan fingerprint density at radius 1 is 1.08 bits per heavy atom. The summed E-state index contributed by atoms with van der Waals surface area (Å²) >= 11 is 0. The standard InChI is InChI=1S/C8H13NO4/c1-5(7(10)12-3)6(2)9-8(11)13-4/h1-4H3,(H,9,11). The molecule has 0 aliphatic carbocycles. The fraction of sp³-hybridized carbons (Fsp3) is 0.500. The van der Waals surface area contributed by atoms with Gasteiger partial charge in [-0.15, -0.1) is 0 Å². The van der Waals surface area contributed by atoms with Crippen LogP contribution in [-0.2, 0) is 14.3 Å². The second-order valence-electron chi connectivity index (χ2n) is 2.36. The second-order valence-corrected chi connectivity index (χ2v) is 2.36. The van der Waals surface area contributed by atoms with E-state index < -0.39 is 12.1 Å². The van der Waals surface area contributed by atoms with Crippen LogP contribution < -0.4 is 5.32 Å². The molecule has 74 valence electrons. The summed E-state index contributed by atoms with van der Waals surface area (Å²) in [5, 5.41) is 2.36. The van der Waals surface area contributed by atoms with Gasteiger partial charge >= 0.3 is 12.1 Å². The van der Waals surface area contributed by atoms with E-state index in [1.165, 1.54) is 14.2 Å². The van der Waals surface area contributed by atoms with E-state index in [0.717, 1.165) is 0 Å². The number of hydrogen-bond acceptors (Lipinski definition) is 4. The number of rotatable bonds is 2. The van der Waals surface area contributed by atoms with E-state index in [-0.39, 0.29) is 0 Å². The molecule has 0 spiro atoms. The highest BCUT2D eigenvalue weighted by molar-refractivity contribution is 5.89. The van der Waals surface area contributed by atoms with Crippen molar-refractivity contribution in [3.8, 4) is 0 Å². The number of amides is 1. The molecule has 0 fully saturated rings. The number of alkyl carbamates (subject to hydrolysis) is 1. The number of carbonyl (C=O) groups excluding carboxylic acids is 2. The van der Waals surface area contributed by atoms with Crippen molar-refractivity contribution in [2.24, 2.45) is 0 Å². The van der Waals surface area contributed by atoms with Gasteiger partial charge in [0.05, 0.1) is 19.8 Å². The van der Waals surface area contributed by atoms with Crippen LogP contribution in [0.15, 0.2) is 11.3 Å². The molecule has 0 rings (SSSR count). The first-order chi connectivity index (χ1) is 6.02. The first-order valence-electron chi connectivity index (χ1n) is 3.63. The van der Waals surface area contributed by atoms with Crippen molar-refractivity contribution in [1.82, 2.24) is 5.32 Å². The highest BCUT2D eigenvalue weighted by Crippen LogP contribution is 2.01. The van der Waals surface area contributed by atoms with Crippen LogP contribution in [0.25, 0.3) is 0 Å². The minimum atomic E-state index is -0.610. The number of hydrogen-bond donors (Lipinski definition) is 1. The number of esters is 1. The third-order valence-corrected chi connectivity index (χ3v) is 1.53. The maximum atomic E-state index is 11.0. The molecular weight excluding hydrogens is 174 g/mol. The van der Waals surface area contributed by atoms with Gasteiger partial charge in [0, 0.05) is 5.70 Å². The molecule has 0 aromatic heterocycles. The highest BCUT2D eigenvalue weighted by Gasteiger charge is 2.09. The lowest BCUT2D eigenvalue weighted by Crippen LogP contribution is -2.23. The van der Waals surface area contributed by atoms with Gasteiger partial charge in [-0.25, -0.2) is 9.59 Å². The molecule has 0 saturated heterocycles. The minimum Gasteiger partial charge on any atom is -0.466 e. The number of nitrogens with one attached hydrogen (secondary N) is 1. The van der Waals surface area contributed by atoms with Gasteiger partial charge < -0.3 is 9.47 Å². The summed E-state index contributed by atoms with van der Waals surface area (Å²) in [5.74, 6) is -0.478. The molecule has 5 heteroatoms. The van der Waals surface area contributed by atoms with E-state index >= 15 is 0 Å². The fourth-order valence-electron chi connectivity index (χ4n) is 0.604. The normalized spacial score (nSPS) is 11.4. The molecule has 0 unspecified atom stereocenters. The molecule has 0 aromatic carbocycles. The van der Waals surface area contributed by atoms with Gasteiger partial charge in [-0.05, 0) is 13.8 Å². The summed E-state index contributed by atoms with van der Waals surface area (Å²) in [6, 6.07) is 0. The Hall–Kier alpha value is -1.52. The Bertz CT molecular complexity index is 245. The summed E-state index contributed by atoms with van der Waals surface area (Å²) in [7, 11) is 2.52. The Morgan fingerprint density at radius 2 is 1.62 bits per heavy atom. The zero-order chi connectivity index (χ0) is 10.4. The van der Waals surface area contributed by atoms with Crippen molar-refractivity contribution >= 4 is 12.1 Å². The number of ether oxygens (including phenoxy) is 2. The lowest BCUT2D eigenvalue weighted by Gasteiger charge is -2.06. The first-order valence-corrected chi connectivity index (χ1v) is 3.63. The van der Waals surface area contributed by atoms with Gasteiger partial charge in [0.1, 0.15) is 0 Å². The molecule has 0 aliphatic rings. The van der Waals surface area contributed by atoms with Gasteiger partial charge in [0.15, 0.2) is 0 Å². The summed E-state index contributed by atoms with van der Waals surface area (Å²) in [6.45, 7) is 3.14. The average Bonchev–Trinajstić information content (AvgIpc) is 2.14. The molecule has 0 aliphatic heterocycles. The molecule has 0 heterocycles. The SMILES string of the molecule is COC(=O)NC(C)=C(C)C(=O)OC. The smallest absolute Gasteiger partial charge is 0.411 e. The summed E-state index contributed by atoms with van der Waals surface area (Å²) < 4.78 is 8.81. The summed E-state index contributed by atoms with van der Waals surface area (Å²) in [6.07, 6.45) is -0.610. The lowest BCUT2D eigenvalue weighted by atomic mass is 10.2. The molecule has 0 aromatic rings. The van der Waals surface area contributed by atoms with Crippen LogP contribution in [0.2, 0.25) is 0 Å². The van der Waals surface area contributed by atoms with Crippen LogP contribution in [0.5, 0.6) is 0 Å². The molecular formula is C8H13NO4. The van der Waals surface area contributed by atoms with Crippen LogP contribution in [0.1, 0.15) is 13.8 Å². The van der Waals surface area contributed by atoms with Gasteiger partial charge in [0.25, 0.3) is 0 Å². The Morgan fingerprint density at radius 3 is 2.00 bits per heavy atom. The quantitative estimate of drug-likeness (QED) is 0.513. The predicted octanol–water partition coefficient (Wildman–Crippen LogP) is 0.809. The number of carbonyl (C=O) groups is 2. The molecule has 13 heavy (non-hydrogen) atoms. The minimum absolute atomic E-state index is 0.341. The van der Waals surface area contributed by atoms with Crippen molar-refractivity contribution in [3.63, 3.8) is 0 Å². The van der Waals surface area contributed by atoms with Crippen LogP contribution in [0.4, 0.5) is 4.79 Å². The second kappa shape index (κ2) is 5.18. The average molecular weight is 187 g/mol. The maximum absolute atomic E-state index is 11.0. The van der Waals surface area contributed by atoms with Crippen molar-refractivity contribution < 1.29 is 19.1 Å². The van der Waals surface area contributed by atoms with Crippen molar-refractivity contribution in [3.05, 3.63) is 11.3 Å². The highest BCUT2D eigenvalue weighted by atomic mass is 16.5. The number of allylic oxidation sites excluding steroid dienone is 1. The van der Waals surface area contributed by atoms with Crippen LogP contribution in [-0.4, -0.2) is 26.3 Å². The Labute approximate surface area is 76.7 Å². The van der Waals surface area contributed by atoms with Gasteiger partial charge in [-0.1, -0.05) is 0 Å². The lowest BCUT2D eigenvalue weighted by molar-refractivity contribution is -0.136. The molecule has 5 nitrogen and oxygen atoms in total. The topological polar surface area (TPSA) is 64.6 Å². The summed E-state index contributed by atoms with van der Waals surface area (Å²) in [5.41, 5.74) is 0.756. The van der Waals surface area contributed by atoms with Crippen LogP contribution in [0.3, 0.4) is 0 Å². The molecule has 1 N–H and O–H groups in total. The molecule has 0 atom stereocenters. The van der Waals surface area contributed by atoms with E-state index in [0.29, 0.717) is 11.3 Å². The van der Waals surface area contributed by atoms with E-state index in [2.05, 4.69) is 14.8 Å². The summed E-state index contributed by atoms with van der Waals surface area (Å²) in [4.78, 5) is 21.7. The molecule has 1 amide bonds. The van der Waals surface area contributed by atoms with Crippen LogP contribution >= 0.6 is 0 Å². The zero-order valence-electron chi connectivity index (χ0n) is 8.13. The molecule has 0 radical (unpaired) electrons. The van der Waals surface area contributed by atoms with E-state index in [4.69, 9.17) is 0 Å². The molecule has 0 bridgehead atoms. The van der Waals surface area contributed by atoms with E-state index in [9.17, 15) is 9.59 Å². The molecule has 0 saturated carbocycles. The number of methoxy groups -OCH3 is 2. The zero-order valence-corrected chi connectivity index (χ0v) is 8.13. The Balaban J connectivity index is 4.44. The monoisotopic (exact) mass is 187 g/mol. The van der Waals surface area contributed by atoms with Gasteiger partial charge in [0.2, 0.25) is 0 Å². The van der Waals surface area contributed by atoms with Crippen molar-refractivity contribution in [2.45, 2.75) is 13.8 Å². The van der Waals surface area contributed by atoms with Crippen molar-refractivity contribution in [2.75, 3.05) is 14.2 Å². The third-order valence-electron chi connectivity index (χ3n) is 1.53. The predicted molar refractivity (Wildman–Crippen MR) is 45.9 cm³/mol. The maximum Gasteiger partial charge on any atom is 0.411 e. The largest absolute Gasteiger partial charge is 0.466 e. The third kappa shape index (κ3) is 3.59. The van der Waals surface area contributed by atoms with Crippen molar-refractivity contribution in [1.29, 1.82) is 0 Å². The van der Waals surface area contributed by atoms with E-state index in [1.807, 2.05) is 0 Å². The van der Waals surface area contributed by atoms with Crippen LogP contribution in [0, 0.1) is 0 Å². The van der Waals surface area contributed by atoms with Gasteiger partial charge in [-0.2, -0.15) is 0 Å². The fourth-order valence-corrected chi connectivity index (χ4v) is 0.604. The van der Waals surface area contributed by atoms with Gasteiger partial charge in [-0.3, -0.25) is 5.32 Å². The Kier molecular flexibility index (Phi) is 4.58.